The number of amides is 1. The highest BCUT2D eigenvalue weighted by molar-refractivity contribution is 5.92. The van der Waals surface area contributed by atoms with E-state index in [-0.39, 0.29) is 12.5 Å². The fourth-order valence-corrected chi connectivity index (χ4v) is 4.16. The summed E-state index contributed by atoms with van der Waals surface area (Å²) in [4.78, 5) is 19.6. The topological polar surface area (TPSA) is 68.6 Å². The van der Waals surface area contributed by atoms with Gasteiger partial charge < -0.3 is 24.3 Å². The van der Waals surface area contributed by atoms with Crippen LogP contribution in [0.1, 0.15) is 17.8 Å². The third-order valence-corrected chi connectivity index (χ3v) is 5.62. The summed E-state index contributed by atoms with van der Waals surface area (Å²) < 4.78 is 13.2. The molecule has 0 spiro atoms. The minimum absolute atomic E-state index is 0.0827. The maximum absolute atomic E-state index is 12.8. The van der Waals surface area contributed by atoms with Crippen molar-refractivity contribution in [2.75, 3.05) is 37.0 Å². The number of hydrogen-bond acceptors (Lipinski definition) is 5. The second kappa shape index (κ2) is 6.99. The lowest BCUT2D eigenvalue weighted by Crippen LogP contribution is -2.25. The van der Waals surface area contributed by atoms with Crippen molar-refractivity contribution in [1.82, 2.24) is 9.55 Å². The summed E-state index contributed by atoms with van der Waals surface area (Å²) in [6.07, 6.45) is 2.25. The van der Waals surface area contributed by atoms with Crippen LogP contribution < -0.4 is 19.7 Å². The molecular weight excluding hydrogens is 368 g/mol. The summed E-state index contributed by atoms with van der Waals surface area (Å²) in [5.41, 5.74) is 5.02. The zero-order valence-electron chi connectivity index (χ0n) is 16.7. The second-order valence-corrected chi connectivity index (χ2v) is 7.65. The van der Waals surface area contributed by atoms with Gasteiger partial charge in [-0.1, -0.05) is 6.07 Å². The first-order valence-electron chi connectivity index (χ1n) is 9.99. The molecule has 0 fully saturated rings. The van der Waals surface area contributed by atoms with E-state index < -0.39 is 0 Å². The number of anilines is 2. The third kappa shape index (κ3) is 3.26. The van der Waals surface area contributed by atoms with Gasteiger partial charge in [-0.25, -0.2) is 4.98 Å². The molecule has 3 heterocycles. The number of aromatic nitrogens is 2. The number of nitrogens with zero attached hydrogens (tertiary/aromatic N) is 3. The van der Waals surface area contributed by atoms with Gasteiger partial charge in [-0.15, -0.1) is 0 Å². The van der Waals surface area contributed by atoms with Crippen molar-refractivity contribution >= 4 is 28.3 Å². The Hall–Kier alpha value is -3.22. The number of fused-ring (bicyclic) bond motifs is 3. The minimum Gasteiger partial charge on any atom is -0.486 e. The zero-order valence-corrected chi connectivity index (χ0v) is 16.7. The van der Waals surface area contributed by atoms with E-state index in [9.17, 15) is 4.79 Å². The molecule has 3 aromatic rings. The number of carbonyl (C=O) groups is 1. The van der Waals surface area contributed by atoms with Crippen LogP contribution in [-0.4, -0.2) is 42.3 Å². The molecule has 1 N–H and O–H groups in total. The summed E-state index contributed by atoms with van der Waals surface area (Å²) in [6.45, 7) is 4.20. The molecule has 1 amide bonds. The Balaban J connectivity index is 1.39. The van der Waals surface area contributed by atoms with Crippen LogP contribution in [0.15, 0.2) is 30.3 Å². The first-order valence-corrected chi connectivity index (χ1v) is 9.99. The first kappa shape index (κ1) is 17.8. The smallest absolute Gasteiger partial charge is 0.244 e. The van der Waals surface area contributed by atoms with Crippen LogP contribution in [0.4, 0.5) is 11.4 Å². The molecule has 2 aliphatic rings. The van der Waals surface area contributed by atoms with E-state index in [1.807, 2.05) is 29.7 Å². The lowest BCUT2D eigenvalue weighted by atomic mass is 10.0. The van der Waals surface area contributed by atoms with Gasteiger partial charge in [0.15, 0.2) is 11.5 Å². The average molecular weight is 392 g/mol. The van der Waals surface area contributed by atoms with Crippen LogP contribution in [0.3, 0.4) is 0 Å². The molecule has 7 nitrogen and oxygen atoms in total. The fourth-order valence-electron chi connectivity index (χ4n) is 4.16. The molecule has 29 heavy (non-hydrogen) atoms. The molecule has 0 atom stereocenters. The highest BCUT2D eigenvalue weighted by atomic mass is 16.6. The van der Waals surface area contributed by atoms with Crippen molar-refractivity contribution in [3.8, 4) is 11.5 Å². The molecule has 1 aromatic heterocycles. The van der Waals surface area contributed by atoms with Gasteiger partial charge >= 0.3 is 0 Å². The molecule has 0 unspecified atom stereocenters. The molecule has 0 saturated heterocycles. The highest BCUT2D eigenvalue weighted by Crippen LogP contribution is 2.35. The second-order valence-electron chi connectivity index (χ2n) is 7.65. The van der Waals surface area contributed by atoms with Crippen molar-refractivity contribution in [3.05, 3.63) is 41.7 Å². The summed E-state index contributed by atoms with van der Waals surface area (Å²) in [5.74, 6) is 2.10. The number of hydrogen-bond donors (Lipinski definition) is 1. The number of carbonyl (C=O) groups excluding carboxylic acids is 1. The number of nitrogens with one attached hydrogen (secondary N) is 1. The van der Waals surface area contributed by atoms with Gasteiger partial charge in [0.1, 0.15) is 25.6 Å². The molecule has 0 aliphatic carbocycles. The van der Waals surface area contributed by atoms with Crippen LogP contribution in [0.25, 0.3) is 11.0 Å². The molecule has 2 aliphatic heterocycles. The minimum atomic E-state index is -0.0827. The van der Waals surface area contributed by atoms with Gasteiger partial charge in [0.2, 0.25) is 5.91 Å². The Morgan fingerprint density at radius 1 is 1.17 bits per heavy atom. The van der Waals surface area contributed by atoms with E-state index in [4.69, 9.17) is 9.47 Å². The Bertz CT molecular complexity index is 1110. The lowest BCUT2D eigenvalue weighted by Gasteiger charge is -2.28. The van der Waals surface area contributed by atoms with E-state index in [1.54, 1.807) is 0 Å². The summed E-state index contributed by atoms with van der Waals surface area (Å²) in [6, 6.07) is 9.95. The van der Waals surface area contributed by atoms with Crippen LogP contribution >= 0.6 is 0 Å². The number of rotatable bonds is 3. The molecular formula is C22H24N4O3. The van der Waals surface area contributed by atoms with Gasteiger partial charge in [0, 0.05) is 37.1 Å². The largest absolute Gasteiger partial charge is 0.486 e. The van der Waals surface area contributed by atoms with Crippen molar-refractivity contribution in [2.24, 2.45) is 0 Å². The van der Waals surface area contributed by atoms with Gasteiger partial charge in [0.25, 0.3) is 0 Å². The molecule has 150 valence electrons. The van der Waals surface area contributed by atoms with Gasteiger partial charge in [0.05, 0.1) is 11.0 Å². The predicted octanol–water partition coefficient (Wildman–Crippen LogP) is 3.14. The molecule has 2 aromatic carbocycles. The average Bonchev–Trinajstić information content (AvgIpc) is 3.01. The normalized spacial score (nSPS) is 15.3. The van der Waals surface area contributed by atoms with Crippen molar-refractivity contribution in [2.45, 2.75) is 26.3 Å². The number of aryl methyl sites for hydroxylation is 2. The maximum Gasteiger partial charge on any atom is 0.244 e. The highest BCUT2D eigenvalue weighted by Gasteiger charge is 2.19. The Labute approximate surface area is 169 Å². The maximum atomic E-state index is 12.8. The standard InChI is InChI=1S/C22H24N4O3/c1-14-23-17-11-20-21(29-9-8-28-20)12-19(17)26(14)13-22(27)24-16-6-5-15-4-3-7-25(2)18(15)10-16/h5-6,10-12H,3-4,7-9,13H2,1-2H3,(H,24,27). The fraction of sp³-hybridized carbons (Fsp3) is 0.364. The van der Waals surface area contributed by atoms with Crippen molar-refractivity contribution in [3.63, 3.8) is 0 Å². The Kier molecular flexibility index (Phi) is 4.30. The van der Waals surface area contributed by atoms with Gasteiger partial charge in [-0.2, -0.15) is 0 Å². The van der Waals surface area contributed by atoms with Crippen LogP contribution in [0, 0.1) is 6.92 Å². The van der Waals surface area contributed by atoms with E-state index in [0.29, 0.717) is 24.7 Å². The Morgan fingerprint density at radius 2 is 1.97 bits per heavy atom. The number of ether oxygens (including phenoxy) is 2. The SMILES string of the molecule is Cc1nc2cc3c(cc2n1CC(=O)Nc1ccc2c(c1)N(C)CCC2)OCCO3. The summed E-state index contributed by atoms with van der Waals surface area (Å²) >= 11 is 0. The van der Waals surface area contributed by atoms with Gasteiger partial charge in [-0.05, 0) is 37.5 Å². The Morgan fingerprint density at radius 3 is 2.79 bits per heavy atom. The van der Waals surface area contributed by atoms with Gasteiger partial charge in [-0.3, -0.25) is 4.79 Å². The molecule has 7 heteroatoms. The summed E-state index contributed by atoms with van der Waals surface area (Å²) in [7, 11) is 2.09. The molecule has 0 saturated carbocycles. The number of benzene rings is 2. The molecule has 0 bridgehead atoms. The quantitative estimate of drug-likeness (QED) is 0.742. The number of imidazole rings is 1. The monoisotopic (exact) mass is 392 g/mol. The van der Waals surface area contributed by atoms with Crippen molar-refractivity contribution < 1.29 is 14.3 Å². The lowest BCUT2D eigenvalue weighted by molar-refractivity contribution is -0.116. The van der Waals surface area contributed by atoms with E-state index in [2.05, 4.69) is 34.4 Å². The van der Waals surface area contributed by atoms with Crippen molar-refractivity contribution in [1.29, 1.82) is 0 Å². The molecule has 0 radical (unpaired) electrons. The first-order chi connectivity index (χ1) is 14.1. The zero-order chi connectivity index (χ0) is 20.0. The summed E-state index contributed by atoms with van der Waals surface area (Å²) in [5, 5.41) is 3.03. The van der Waals surface area contributed by atoms with E-state index in [1.165, 1.54) is 17.7 Å². The van der Waals surface area contributed by atoms with Crippen LogP contribution in [0.2, 0.25) is 0 Å². The van der Waals surface area contributed by atoms with Crippen LogP contribution in [0.5, 0.6) is 11.5 Å². The van der Waals surface area contributed by atoms with E-state index in [0.717, 1.165) is 35.5 Å². The predicted molar refractivity (Wildman–Crippen MR) is 112 cm³/mol. The van der Waals surface area contributed by atoms with Crippen LogP contribution in [-0.2, 0) is 17.8 Å². The molecule has 5 rings (SSSR count). The van der Waals surface area contributed by atoms with E-state index >= 15 is 0 Å². The third-order valence-electron chi connectivity index (χ3n) is 5.62.